The molecule has 8 heteroatoms. The Morgan fingerprint density at radius 2 is 2.07 bits per heavy atom. The predicted molar refractivity (Wildman–Crippen MR) is 123 cm³/mol. The van der Waals surface area contributed by atoms with Crippen LogP contribution in [0, 0.1) is 5.92 Å². The molecule has 0 fully saturated rings. The number of nitrogens with zero attached hydrogens (tertiary/aromatic N) is 2. The number of hydrogen-bond donors (Lipinski definition) is 1. The number of carboxylic acids is 1. The molecule has 0 amide bonds. The van der Waals surface area contributed by atoms with E-state index in [4.69, 9.17) is 28.2 Å². The number of benzene rings is 1. The average Bonchev–Trinajstić information content (AvgIpc) is 3.14. The molecule has 1 aromatic rings. The largest absolute Gasteiger partial charge is 0.477 e. The van der Waals surface area contributed by atoms with Crippen LogP contribution in [0.4, 0.5) is 4.39 Å². The molecule has 0 saturated heterocycles. The summed E-state index contributed by atoms with van der Waals surface area (Å²) in [6.45, 7) is 10.1. The number of allylic oxidation sites excluding steroid dienone is 2. The minimum atomic E-state index is -1.47. The summed E-state index contributed by atoms with van der Waals surface area (Å²) >= 11 is 12.7. The highest BCUT2D eigenvalue weighted by Crippen LogP contribution is 2.51. The lowest BCUT2D eigenvalue weighted by atomic mass is 9.81. The molecule has 0 aromatic heterocycles. The summed E-state index contributed by atoms with van der Waals surface area (Å²) in [5.74, 6) is -1.02. The summed E-state index contributed by atoms with van der Waals surface area (Å²) in [6, 6.07) is 7.06. The van der Waals surface area contributed by atoms with E-state index in [2.05, 4.69) is 6.58 Å². The van der Waals surface area contributed by atoms with Crippen molar-refractivity contribution in [1.82, 2.24) is 4.90 Å². The topological polar surface area (TPSA) is 52.9 Å². The second-order valence-electron chi connectivity index (χ2n) is 7.70. The van der Waals surface area contributed by atoms with Gasteiger partial charge < -0.3 is 10.0 Å². The van der Waals surface area contributed by atoms with Crippen LogP contribution in [0.3, 0.4) is 0 Å². The third kappa shape index (κ3) is 4.18. The Labute approximate surface area is 190 Å². The molecule has 1 N–H and O–H groups in total. The molecule has 0 spiro atoms. The number of alkyl halides is 2. The Morgan fingerprint density at radius 3 is 2.60 bits per heavy atom. The first kappa shape index (κ1) is 22.9. The Morgan fingerprint density at radius 1 is 1.43 bits per heavy atom. The quantitative estimate of drug-likeness (QED) is 0.375. The van der Waals surface area contributed by atoms with E-state index in [-0.39, 0.29) is 23.3 Å². The lowest BCUT2D eigenvalue weighted by molar-refractivity contribution is -0.131. The molecule has 2 aliphatic rings. The molecule has 2 aliphatic heterocycles. The van der Waals surface area contributed by atoms with Crippen LogP contribution in [0.5, 0.6) is 0 Å². The summed E-state index contributed by atoms with van der Waals surface area (Å²) in [5, 5.41) is 11.0. The number of fused-ring (bicyclic) bond motifs is 1. The fraction of sp³-hybridized carbons (Fsp3) is 0.364. The maximum Gasteiger partial charge on any atom is 0.344 e. The first-order chi connectivity index (χ1) is 14.1. The second-order valence-corrected chi connectivity index (χ2v) is 9.59. The van der Waals surface area contributed by atoms with Crippen molar-refractivity contribution in [1.29, 1.82) is 0 Å². The third-order valence-electron chi connectivity index (χ3n) is 5.18. The lowest BCUT2D eigenvalue weighted by Crippen LogP contribution is -2.43. The van der Waals surface area contributed by atoms with Gasteiger partial charge in [0, 0.05) is 17.1 Å². The van der Waals surface area contributed by atoms with E-state index in [0.717, 1.165) is 17.3 Å². The molecule has 160 valence electrons. The van der Waals surface area contributed by atoms with Crippen molar-refractivity contribution in [2.75, 3.05) is 0 Å². The second kappa shape index (κ2) is 8.77. The average molecular weight is 469 g/mol. The van der Waals surface area contributed by atoms with Gasteiger partial charge >= 0.3 is 5.97 Å². The van der Waals surface area contributed by atoms with Crippen LogP contribution >= 0.6 is 35.0 Å². The zero-order valence-corrected chi connectivity index (χ0v) is 19.2. The van der Waals surface area contributed by atoms with E-state index in [0.29, 0.717) is 21.5 Å². The van der Waals surface area contributed by atoms with E-state index in [1.807, 2.05) is 37.8 Å². The van der Waals surface area contributed by atoms with Crippen LogP contribution < -0.4 is 0 Å². The summed E-state index contributed by atoms with van der Waals surface area (Å²) in [5.41, 5.74) is 0.112. The van der Waals surface area contributed by atoms with Gasteiger partial charge in [-0.05, 0) is 47.9 Å². The lowest BCUT2D eigenvalue weighted by Gasteiger charge is -2.37. The molecular formula is C22H23Cl2FN2O2S. The number of aliphatic imine (C=N–C) groups is 1. The number of thioether (sulfide) groups is 1. The van der Waals surface area contributed by atoms with Gasteiger partial charge in [0.25, 0.3) is 0 Å². The van der Waals surface area contributed by atoms with E-state index in [1.54, 1.807) is 24.3 Å². The van der Waals surface area contributed by atoms with Crippen LogP contribution in [0.15, 0.2) is 64.2 Å². The molecular weight excluding hydrogens is 446 g/mol. The first-order valence-corrected chi connectivity index (χ1v) is 11.1. The zero-order chi connectivity index (χ0) is 22.2. The molecule has 0 bridgehead atoms. The van der Waals surface area contributed by atoms with Crippen LogP contribution in [0.25, 0.3) is 0 Å². The third-order valence-corrected chi connectivity index (χ3v) is 6.67. The van der Waals surface area contributed by atoms with Crippen molar-refractivity contribution in [2.24, 2.45) is 10.9 Å². The SMILES string of the molecule is C=C(/C=C\CC(F)Cl)C1N2C(=NC1(C)c1ccc(Cl)cc1)SC(C(=O)O)=C2C(C)C. The van der Waals surface area contributed by atoms with Crippen molar-refractivity contribution >= 4 is 46.1 Å². The number of hydrogen-bond acceptors (Lipinski definition) is 4. The fourth-order valence-corrected chi connectivity index (χ4v) is 5.36. The molecule has 0 saturated carbocycles. The predicted octanol–water partition coefficient (Wildman–Crippen LogP) is 6.33. The molecule has 0 radical (unpaired) electrons. The van der Waals surface area contributed by atoms with Gasteiger partial charge in [-0.1, -0.05) is 67.9 Å². The Balaban J connectivity index is 2.11. The molecule has 3 rings (SSSR count). The summed E-state index contributed by atoms with van der Waals surface area (Å²) in [4.78, 5) is 19.1. The normalized spacial score (nSPS) is 24.6. The van der Waals surface area contributed by atoms with Gasteiger partial charge in [0.2, 0.25) is 0 Å². The van der Waals surface area contributed by atoms with Gasteiger partial charge in [-0.2, -0.15) is 0 Å². The van der Waals surface area contributed by atoms with Gasteiger partial charge in [-0.15, -0.1) is 0 Å². The van der Waals surface area contributed by atoms with Crippen molar-refractivity contribution in [3.63, 3.8) is 0 Å². The molecule has 3 unspecified atom stereocenters. The molecule has 0 aliphatic carbocycles. The van der Waals surface area contributed by atoms with Crippen LogP contribution in [-0.4, -0.2) is 32.8 Å². The number of halogens is 3. The number of carbonyl (C=O) groups is 1. The van der Waals surface area contributed by atoms with Crippen molar-refractivity contribution in [2.45, 2.75) is 44.4 Å². The molecule has 1 aromatic carbocycles. The Bertz CT molecular complexity index is 956. The molecule has 3 atom stereocenters. The zero-order valence-electron chi connectivity index (χ0n) is 16.9. The minimum absolute atomic E-state index is 0.0405. The van der Waals surface area contributed by atoms with Crippen molar-refractivity contribution < 1.29 is 14.3 Å². The highest BCUT2D eigenvalue weighted by molar-refractivity contribution is 8.18. The molecule has 4 nitrogen and oxygen atoms in total. The fourth-order valence-electron chi connectivity index (χ4n) is 3.89. The van der Waals surface area contributed by atoms with Crippen molar-refractivity contribution in [3.05, 3.63) is 69.8 Å². The van der Waals surface area contributed by atoms with Crippen LogP contribution in [0.1, 0.15) is 32.8 Å². The van der Waals surface area contributed by atoms with E-state index >= 15 is 0 Å². The van der Waals surface area contributed by atoms with Crippen LogP contribution in [0.2, 0.25) is 5.02 Å². The maximum absolute atomic E-state index is 13.1. The smallest absolute Gasteiger partial charge is 0.344 e. The van der Waals surface area contributed by atoms with Gasteiger partial charge in [-0.25, -0.2) is 14.2 Å². The minimum Gasteiger partial charge on any atom is -0.477 e. The van der Waals surface area contributed by atoms with Gasteiger partial charge in [-0.3, -0.25) is 0 Å². The monoisotopic (exact) mass is 468 g/mol. The van der Waals surface area contributed by atoms with Crippen LogP contribution in [-0.2, 0) is 10.3 Å². The molecule has 2 heterocycles. The van der Waals surface area contributed by atoms with E-state index in [9.17, 15) is 14.3 Å². The number of amidine groups is 1. The number of aliphatic carboxylic acids is 1. The van der Waals surface area contributed by atoms with Gasteiger partial charge in [0.15, 0.2) is 10.8 Å². The number of rotatable bonds is 7. The Hall–Kier alpha value is -1.76. The summed E-state index contributed by atoms with van der Waals surface area (Å²) in [6.07, 6.45) is 3.44. The highest BCUT2D eigenvalue weighted by atomic mass is 35.5. The van der Waals surface area contributed by atoms with Gasteiger partial charge in [0.05, 0.1) is 6.04 Å². The van der Waals surface area contributed by atoms with Gasteiger partial charge in [0.1, 0.15) is 10.4 Å². The van der Waals surface area contributed by atoms with Crippen molar-refractivity contribution in [3.8, 4) is 0 Å². The Kier molecular flexibility index (Phi) is 6.70. The highest BCUT2D eigenvalue weighted by Gasteiger charge is 2.53. The standard InChI is InChI=1S/C22H23Cl2FN2O2S/c1-12(2)17-18(20(28)29)30-21-26-22(4,14-8-10-15(23)11-9-14)19(27(17)21)13(3)6-5-7-16(24)25/h5-6,8-12,16,19H,3,7H2,1-2,4H3,(H,28,29)/b6-5-. The molecule has 30 heavy (non-hydrogen) atoms. The van der Waals surface area contributed by atoms with E-state index < -0.39 is 17.1 Å². The summed E-state index contributed by atoms with van der Waals surface area (Å²) in [7, 11) is 0. The summed E-state index contributed by atoms with van der Waals surface area (Å²) < 4.78 is 13.1. The first-order valence-electron chi connectivity index (χ1n) is 9.50. The van der Waals surface area contributed by atoms with E-state index in [1.165, 1.54) is 0 Å². The maximum atomic E-state index is 13.1. The number of carboxylic acid groups (broad SMARTS) is 1.